The number of carbonyl (C=O) groups is 1. The first-order valence-corrected chi connectivity index (χ1v) is 1.74. The maximum atomic E-state index is 9.96. The first-order valence-electron chi connectivity index (χ1n) is 1.74. The third-order valence-corrected chi connectivity index (χ3v) is 0.580. The molecule has 2 nitrogen and oxygen atoms in total. The number of cyclic esters (lactones) is 1. The average Bonchev–Trinajstić information content (AvgIpc) is 1.86. The molecule has 0 saturated carbocycles. The molecule has 3 heteroatoms. The molecule has 0 aliphatic carbocycles. The van der Waals surface area contributed by atoms with Crippen LogP contribution in [0, 0.1) is 0 Å². The van der Waals surface area contributed by atoms with Gasteiger partial charge in [-0.1, -0.05) is 0 Å². The Morgan fingerprint density at radius 1 is 1.71 bits per heavy atom. The summed E-state index contributed by atoms with van der Waals surface area (Å²) in [4.78, 5) is 9.96. The second-order valence-corrected chi connectivity index (χ2v) is 1.07. The Labute approximate surface area is 52.0 Å². The predicted molar refractivity (Wildman–Crippen MR) is 19.8 cm³/mol. The van der Waals surface area contributed by atoms with E-state index in [2.05, 4.69) is 4.74 Å². The molecule has 1 rings (SSSR count). The number of esters is 1. The van der Waals surface area contributed by atoms with Crippen molar-refractivity contribution in [3.05, 3.63) is 12.3 Å². The minimum absolute atomic E-state index is 0. The van der Waals surface area contributed by atoms with Gasteiger partial charge in [-0.3, -0.25) is 4.79 Å². The van der Waals surface area contributed by atoms with E-state index in [1.54, 1.807) is 6.08 Å². The van der Waals surface area contributed by atoms with Crippen LogP contribution in [0.25, 0.3) is 0 Å². The third-order valence-electron chi connectivity index (χ3n) is 0.580. The van der Waals surface area contributed by atoms with E-state index in [0.717, 1.165) is 0 Å². The molecule has 0 aromatic rings. The van der Waals surface area contributed by atoms with Crippen molar-refractivity contribution in [3.63, 3.8) is 0 Å². The summed E-state index contributed by atoms with van der Waals surface area (Å²) >= 11 is 0. The van der Waals surface area contributed by atoms with Gasteiger partial charge in [0.2, 0.25) is 0 Å². The molecular weight excluding hydrogens is 136 g/mol. The van der Waals surface area contributed by atoms with Gasteiger partial charge in [-0.25, -0.2) is 0 Å². The Morgan fingerprint density at radius 3 is 2.57 bits per heavy atom. The van der Waals surface area contributed by atoms with Gasteiger partial charge in [0, 0.05) is 17.1 Å². The molecule has 1 aliphatic rings. The van der Waals surface area contributed by atoms with Gasteiger partial charge in [0.1, 0.15) is 0 Å². The molecule has 0 spiro atoms. The van der Waals surface area contributed by atoms with Crippen molar-refractivity contribution in [1.82, 2.24) is 0 Å². The fourth-order valence-electron chi connectivity index (χ4n) is 0.316. The normalized spacial score (nSPS) is 15.7. The fourth-order valence-corrected chi connectivity index (χ4v) is 0.316. The first kappa shape index (κ1) is 6.73. The molecular formula is C4H4FeO2. The van der Waals surface area contributed by atoms with Crippen LogP contribution in [0.1, 0.15) is 6.42 Å². The predicted octanol–water partition coefficient (Wildman–Crippen LogP) is 0.444. The van der Waals surface area contributed by atoms with Crippen LogP contribution >= 0.6 is 0 Å². The van der Waals surface area contributed by atoms with Gasteiger partial charge < -0.3 is 4.74 Å². The first-order chi connectivity index (χ1) is 2.89. The molecule has 0 aromatic carbocycles. The zero-order valence-corrected chi connectivity index (χ0v) is 4.64. The maximum absolute atomic E-state index is 9.96. The number of ether oxygens (including phenoxy) is 1. The van der Waals surface area contributed by atoms with Gasteiger partial charge in [-0.2, -0.15) is 0 Å². The summed E-state index contributed by atoms with van der Waals surface area (Å²) < 4.78 is 4.33. The van der Waals surface area contributed by atoms with Gasteiger partial charge >= 0.3 is 5.97 Å². The topological polar surface area (TPSA) is 26.3 Å². The molecule has 0 amide bonds. The second kappa shape index (κ2) is 2.83. The molecule has 0 radical (unpaired) electrons. The van der Waals surface area contributed by atoms with Crippen LogP contribution < -0.4 is 0 Å². The van der Waals surface area contributed by atoms with Crippen molar-refractivity contribution < 1.29 is 26.6 Å². The third kappa shape index (κ3) is 1.76. The number of rotatable bonds is 0. The van der Waals surface area contributed by atoms with E-state index in [4.69, 9.17) is 0 Å². The van der Waals surface area contributed by atoms with E-state index >= 15 is 0 Å². The Balaban J connectivity index is 0.000000360. The van der Waals surface area contributed by atoms with E-state index in [0.29, 0.717) is 6.42 Å². The van der Waals surface area contributed by atoms with Gasteiger partial charge in [0.05, 0.1) is 12.7 Å². The second-order valence-electron chi connectivity index (χ2n) is 1.07. The van der Waals surface area contributed by atoms with Crippen LogP contribution in [0.4, 0.5) is 0 Å². The van der Waals surface area contributed by atoms with Crippen LogP contribution in [0.15, 0.2) is 12.3 Å². The molecule has 0 unspecified atom stereocenters. The van der Waals surface area contributed by atoms with Crippen molar-refractivity contribution in [1.29, 1.82) is 0 Å². The summed E-state index contributed by atoms with van der Waals surface area (Å²) in [5, 5.41) is 0. The van der Waals surface area contributed by atoms with Crippen LogP contribution in [0.2, 0.25) is 0 Å². The molecule has 0 saturated heterocycles. The molecule has 7 heavy (non-hydrogen) atoms. The molecule has 40 valence electrons. The zero-order valence-electron chi connectivity index (χ0n) is 3.53. The SMILES string of the molecule is O=C1CC=CO1.[Fe]. The van der Waals surface area contributed by atoms with Crippen LogP contribution in [0.3, 0.4) is 0 Å². The smallest absolute Gasteiger partial charge is 0.314 e. The van der Waals surface area contributed by atoms with Gasteiger partial charge in [-0.15, -0.1) is 0 Å². The van der Waals surface area contributed by atoms with Gasteiger partial charge in [0.15, 0.2) is 0 Å². The van der Waals surface area contributed by atoms with E-state index in [9.17, 15) is 4.79 Å². The fraction of sp³-hybridized carbons (Fsp3) is 0.250. The molecule has 1 heterocycles. The number of hydrogen-bond donors (Lipinski definition) is 0. The Hall–Kier alpha value is -0.271. The molecule has 0 N–H and O–H groups in total. The monoisotopic (exact) mass is 140 g/mol. The van der Waals surface area contributed by atoms with Gasteiger partial charge in [0.25, 0.3) is 0 Å². The molecule has 1 aliphatic heterocycles. The summed E-state index contributed by atoms with van der Waals surface area (Å²) in [6.07, 6.45) is 3.53. The van der Waals surface area contributed by atoms with E-state index in [1.807, 2.05) is 0 Å². The summed E-state index contributed by atoms with van der Waals surface area (Å²) in [6.45, 7) is 0. The number of hydrogen-bond acceptors (Lipinski definition) is 2. The van der Waals surface area contributed by atoms with Crippen molar-refractivity contribution in [2.45, 2.75) is 6.42 Å². The minimum Gasteiger partial charge on any atom is -0.435 e. The zero-order chi connectivity index (χ0) is 4.41. The molecule has 0 fully saturated rings. The standard InChI is InChI=1S/C4H4O2.Fe/c5-4-2-1-3-6-4;/h1,3H,2H2;. The molecule has 0 atom stereocenters. The average molecular weight is 140 g/mol. The van der Waals surface area contributed by atoms with E-state index < -0.39 is 0 Å². The van der Waals surface area contributed by atoms with Gasteiger partial charge in [-0.05, 0) is 6.08 Å². The van der Waals surface area contributed by atoms with E-state index in [-0.39, 0.29) is 23.0 Å². The summed E-state index contributed by atoms with van der Waals surface area (Å²) in [5.41, 5.74) is 0. The van der Waals surface area contributed by atoms with Crippen LogP contribution in [0.5, 0.6) is 0 Å². The maximum Gasteiger partial charge on any atom is 0.314 e. The number of carbonyl (C=O) groups excluding carboxylic acids is 1. The van der Waals surface area contributed by atoms with Crippen LogP contribution in [-0.2, 0) is 26.6 Å². The van der Waals surface area contributed by atoms with Crippen molar-refractivity contribution in [2.75, 3.05) is 0 Å². The largest absolute Gasteiger partial charge is 0.435 e. The van der Waals surface area contributed by atoms with Crippen molar-refractivity contribution in [3.8, 4) is 0 Å². The minimum atomic E-state index is -0.157. The Kier molecular flexibility index (Phi) is 2.72. The quantitative estimate of drug-likeness (QED) is 0.360. The van der Waals surface area contributed by atoms with Crippen LogP contribution in [-0.4, -0.2) is 5.97 Å². The Morgan fingerprint density at radius 2 is 2.43 bits per heavy atom. The van der Waals surface area contributed by atoms with Crippen molar-refractivity contribution >= 4 is 5.97 Å². The molecule has 0 aromatic heterocycles. The van der Waals surface area contributed by atoms with E-state index in [1.165, 1.54) is 6.26 Å². The summed E-state index contributed by atoms with van der Waals surface area (Å²) in [5.74, 6) is -0.157. The molecule has 0 bridgehead atoms. The van der Waals surface area contributed by atoms with Crippen molar-refractivity contribution in [2.24, 2.45) is 0 Å². The summed E-state index contributed by atoms with van der Waals surface area (Å²) in [6, 6.07) is 0. The summed E-state index contributed by atoms with van der Waals surface area (Å²) in [7, 11) is 0. The Bertz CT molecular complexity index is 87.9.